The molecule has 0 bridgehead atoms. The molecule has 2 heterocycles. The van der Waals surface area contributed by atoms with Gasteiger partial charge in [0.15, 0.2) is 0 Å². The van der Waals surface area contributed by atoms with E-state index in [-0.39, 0.29) is 17.6 Å². The molecule has 3 aromatic rings. The second-order valence-corrected chi connectivity index (χ2v) is 8.61. The minimum absolute atomic E-state index is 0.113. The number of hydrogen-bond donors (Lipinski definition) is 0. The van der Waals surface area contributed by atoms with Crippen molar-refractivity contribution in [2.24, 2.45) is 0 Å². The summed E-state index contributed by atoms with van der Waals surface area (Å²) in [7, 11) is 0. The van der Waals surface area contributed by atoms with Crippen molar-refractivity contribution < 1.29 is 9.18 Å². The predicted molar refractivity (Wildman–Crippen MR) is 129 cm³/mol. The Morgan fingerprint density at radius 3 is 2.30 bits per heavy atom. The van der Waals surface area contributed by atoms with Crippen molar-refractivity contribution in [2.45, 2.75) is 39.5 Å². The van der Waals surface area contributed by atoms with Crippen LogP contribution in [0, 0.1) is 19.7 Å². The Morgan fingerprint density at radius 1 is 0.970 bits per heavy atom. The fraction of sp³-hybridized carbons (Fsp3) is 0.370. The lowest BCUT2D eigenvalue weighted by atomic mass is 9.94. The summed E-state index contributed by atoms with van der Waals surface area (Å²) in [4.78, 5) is 26.7. The van der Waals surface area contributed by atoms with Crippen LogP contribution in [0.1, 0.15) is 47.5 Å². The quantitative estimate of drug-likeness (QED) is 0.552. The van der Waals surface area contributed by atoms with E-state index in [4.69, 9.17) is 4.98 Å². The SMILES string of the molecule is CCC(C(=O)N1CCN(c2nc(C)nc(C)c2Cc2ccccc2F)CC1)c1ccccc1. The zero-order valence-electron chi connectivity index (χ0n) is 19.6. The molecule has 1 atom stereocenters. The van der Waals surface area contributed by atoms with E-state index >= 15 is 0 Å². The van der Waals surface area contributed by atoms with E-state index in [9.17, 15) is 9.18 Å². The van der Waals surface area contributed by atoms with Gasteiger partial charge in [-0.05, 0) is 37.5 Å². The molecule has 4 rings (SSSR count). The first-order chi connectivity index (χ1) is 16.0. The van der Waals surface area contributed by atoms with E-state index in [1.54, 1.807) is 6.07 Å². The highest BCUT2D eigenvalue weighted by molar-refractivity contribution is 5.84. The summed E-state index contributed by atoms with van der Waals surface area (Å²) >= 11 is 0. The van der Waals surface area contributed by atoms with Gasteiger partial charge in [-0.1, -0.05) is 55.5 Å². The predicted octanol–water partition coefficient (Wildman–Crippen LogP) is 4.67. The monoisotopic (exact) mass is 446 g/mol. The average Bonchev–Trinajstić information content (AvgIpc) is 2.83. The van der Waals surface area contributed by atoms with Crippen molar-refractivity contribution in [3.8, 4) is 0 Å². The van der Waals surface area contributed by atoms with Crippen LogP contribution < -0.4 is 4.90 Å². The third-order valence-electron chi connectivity index (χ3n) is 6.43. The van der Waals surface area contributed by atoms with Crippen molar-refractivity contribution in [1.82, 2.24) is 14.9 Å². The molecular weight excluding hydrogens is 415 g/mol. The van der Waals surface area contributed by atoms with Crippen molar-refractivity contribution in [3.63, 3.8) is 0 Å². The van der Waals surface area contributed by atoms with E-state index in [1.165, 1.54) is 6.07 Å². The van der Waals surface area contributed by atoms with Gasteiger partial charge in [0.2, 0.25) is 5.91 Å². The number of hydrogen-bond acceptors (Lipinski definition) is 4. The number of carbonyl (C=O) groups is 1. The van der Waals surface area contributed by atoms with E-state index in [0.717, 1.165) is 29.1 Å². The number of carbonyl (C=O) groups excluding carboxylic acids is 1. The lowest BCUT2D eigenvalue weighted by Crippen LogP contribution is -2.50. The van der Waals surface area contributed by atoms with Crippen molar-refractivity contribution in [2.75, 3.05) is 31.1 Å². The molecule has 1 amide bonds. The highest BCUT2D eigenvalue weighted by Crippen LogP contribution is 2.27. The highest BCUT2D eigenvalue weighted by Gasteiger charge is 2.29. The largest absolute Gasteiger partial charge is 0.353 e. The molecule has 0 radical (unpaired) electrons. The number of rotatable bonds is 6. The summed E-state index contributed by atoms with van der Waals surface area (Å²) in [6.07, 6.45) is 1.22. The molecular formula is C27H31FN4O. The van der Waals surface area contributed by atoms with Crippen LogP contribution in [0.4, 0.5) is 10.2 Å². The molecule has 1 fully saturated rings. The summed E-state index contributed by atoms with van der Waals surface area (Å²) in [6, 6.07) is 16.9. The molecule has 0 saturated carbocycles. The van der Waals surface area contributed by atoms with Crippen molar-refractivity contribution in [3.05, 3.63) is 88.6 Å². The summed E-state index contributed by atoms with van der Waals surface area (Å²) in [5, 5.41) is 0. The zero-order valence-corrected chi connectivity index (χ0v) is 19.6. The van der Waals surface area contributed by atoms with Crippen LogP contribution >= 0.6 is 0 Å². The van der Waals surface area contributed by atoms with E-state index in [1.807, 2.05) is 61.2 Å². The minimum Gasteiger partial charge on any atom is -0.353 e. The zero-order chi connectivity index (χ0) is 23.4. The number of piperazine rings is 1. The summed E-state index contributed by atoms with van der Waals surface area (Å²) in [5.41, 5.74) is 3.52. The van der Waals surface area contributed by atoms with Gasteiger partial charge in [-0.15, -0.1) is 0 Å². The Bertz CT molecular complexity index is 1110. The molecule has 1 unspecified atom stereocenters. The van der Waals surface area contributed by atoms with Gasteiger partial charge in [0.25, 0.3) is 0 Å². The van der Waals surface area contributed by atoms with Gasteiger partial charge >= 0.3 is 0 Å². The first kappa shape index (κ1) is 22.9. The number of aromatic nitrogens is 2. The van der Waals surface area contributed by atoms with Crippen LogP contribution in [0.3, 0.4) is 0 Å². The Kier molecular flexibility index (Phi) is 7.02. The highest BCUT2D eigenvalue weighted by atomic mass is 19.1. The maximum absolute atomic E-state index is 14.4. The Morgan fingerprint density at radius 2 is 1.64 bits per heavy atom. The first-order valence-electron chi connectivity index (χ1n) is 11.6. The van der Waals surface area contributed by atoms with Crippen molar-refractivity contribution in [1.29, 1.82) is 0 Å². The van der Waals surface area contributed by atoms with Crippen LogP contribution in [0.2, 0.25) is 0 Å². The van der Waals surface area contributed by atoms with Crippen LogP contribution in [-0.2, 0) is 11.2 Å². The smallest absolute Gasteiger partial charge is 0.230 e. The number of nitrogens with zero attached hydrogens (tertiary/aromatic N) is 4. The Hall–Kier alpha value is -3.28. The second-order valence-electron chi connectivity index (χ2n) is 8.61. The molecule has 0 aliphatic carbocycles. The van der Waals surface area contributed by atoms with Crippen LogP contribution in [0.5, 0.6) is 0 Å². The fourth-order valence-electron chi connectivity index (χ4n) is 4.62. The number of anilines is 1. The Balaban J connectivity index is 1.52. The van der Waals surface area contributed by atoms with Gasteiger partial charge in [0, 0.05) is 43.9 Å². The lowest BCUT2D eigenvalue weighted by Gasteiger charge is -2.38. The molecule has 1 aliphatic heterocycles. The van der Waals surface area contributed by atoms with Crippen LogP contribution in [-0.4, -0.2) is 47.0 Å². The topological polar surface area (TPSA) is 49.3 Å². The van der Waals surface area contributed by atoms with Gasteiger partial charge in [-0.3, -0.25) is 4.79 Å². The normalized spacial score (nSPS) is 14.9. The first-order valence-corrected chi connectivity index (χ1v) is 11.6. The number of halogens is 1. The molecule has 0 spiro atoms. The van der Waals surface area contributed by atoms with Gasteiger partial charge in [-0.2, -0.15) is 0 Å². The molecule has 2 aromatic carbocycles. The molecule has 1 aliphatic rings. The van der Waals surface area contributed by atoms with Crippen LogP contribution in [0.15, 0.2) is 54.6 Å². The van der Waals surface area contributed by atoms with Crippen LogP contribution in [0.25, 0.3) is 0 Å². The van der Waals surface area contributed by atoms with E-state index in [0.29, 0.717) is 44.0 Å². The second kappa shape index (κ2) is 10.1. The number of aryl methyl sites for hydroxylation is 2. The van der Waals surface area contributed by atoms with Gasteiger partial charge in [0.1, 0.15) is 17.5 Å². The molecule has 33 heavy (non-hydrogen) atoms. The minimum atomic E-state index is -0.217. The molecule has 6 heteroatoms. The third kappa shape index (κ3) is 5.05. The lowest BCUT2D eigenvalue weighted by molar-refractivity contribution is -0.133. The maximum atomic E-state index is 14.4. The average molecular weight is 447 g/mol. The van der Waals surface area contributed by atoms with E-state index < -0.39 is 0 Å². The molecule has 1 aromatic heterocycles. The molecule has 172 valence electrons. The Labute approximate surface area is 195 Å². The van der Waals surface area contributed by atoms with E-state index in [2.05, 4.69) is 16.8 Å². The molecule has 5 nitrogen and oxygen atoms in total. The fourth-order valence-corrected chi connectivity index (χ4v) is 4.62. The molecule has 1 saturated heterocycles. The number of benzene rings is 2. The summed E-state index contributed by atoms with van der Waals surface area (Å²) in [5.74, 6) is 1.41. The summed E-state index contributed by atoms with van der Waals surface area (Å²) in [6.45, 7) is 8.57. The van der Waals surface area contributed by atoms with Gasteiger partial charge in [0.05, 0.1) is 5.92 Å². The van der Waals surface area contributed by atoms with Crippen molar-refractivity contribution >= 4 is 11.7 Å². The maximum Gasteiger partial charge on any atom is 0.230 e. The standard InChI is InChI=1S/C27H31FN4O/c1-4-23(21-10-6-5-7-11-21)27(33)32-16-14-31(15-17-32)26-24(19(2)29-20(3)30-26)18-22-12-8-9-13-25(22)28/h5-13,23H,4,14-18H2,1-3H3. The number of amides is 1. The third-order valence-corrected chi connectivity index (χ3v) is 6.43. The van der Waals surface area contributed by atoms with Gasteiger partial charge < -0.3 is 9.80 Å². The summed E-state index contributed by atoms with van der Waals surface area (Å²) < 4.78 is 14.4. The molecule has 0 N–H and O–H groups in total. The van der Waals surface area contributed by atoms with Gasteiger partial charge in [-0.25, -0.2) is 14.4 Å².